The zero-order valence-electron chi connectivity index (χ0n) is 11.8. The van der Waals surface area contributed by atoms with Gasteiger partial charge in [0.1, 0.15) is 30.5 Å². The number of carbonyl (C=O) groups excluding carboxylic acids is 1. The summed E-state index contributed by atoms with van der Waals surface area (Å²) in [4.78, 5) is 12.2. The Hall–Kier alpha value is -1.51. The second kappa shape index (κ2) is 4.74. The molecule has 5 rings (SSSR count). The fourth-order valence-corrected chi connectivity index (χ4v) is 3.29. The average molecular weight is 308 g/mol. The molecule has 0 spiro atoms. The fourth-order valence-electron chi connectivity index (χ4n) is 3.29. The van der Waals surface area contributed by atoms with E-state index >= 15 is 0 Å². The maximum Gasteiger partial charge on any atom is 0.338 e. The van der Waals surface area contributed by atoms with E-state index in [1.165, 1.54) is 0 Å². The number of rotatable bonds is 2. The summed E-state index contributed by atoms with van der Waals surface area (Å²) in [6.45, 7) is 1.56. The van der Waals surface area contributed by atoms with E-state index in [0.29, 0.717) is 5.56 Å². The molecule has 4 aliphatic rings. The Morgan fingerprint density at radius 1 is 1.05 bits per heavy atom. The molecule has 1 saturated carbocycles. The third kappa shape index (κ3) is 1.98. The van der Waals surface area contributed by atoms with Gasteiger partial charge >= 0.3 is 5.97 Å². The number of aliphatic hydroxyl groups is 2. The van der Waals surface area contributed by atoms with Crippen molar-refractivity contribution in [1.82, 2.24) is 0 Å². The molecule has 7 heteroatoms. The number of hydrogen-bond acceptors (Lipinski definition) is 7. The minimum Gasteiger partial charge on any atom is -0.453 e. The van der Waals surface area contributed by atoms with Gasteiger partial charge in [0, 0.05) is 6.92 Å². The van der Waals surface area contributed by atoms with E-state index in [1.54, 1.807) is 37.3 Å². The monoisotopic (exact) mass is 308 g/mol. The maximum atomic E-state index is 12.2. The first-order valence-electron chi connectivity index (χ1n) is 7.14. The standard InChI is InChI=1S/C15H16O7/c1-15-20-10-8(16)11(21-15)13(12(22-15)9(10)17)19-14(18)7-5-3-2-4-6-7/h2-6,8-13,16-17H,1H3/t8-,9+,10?,11+,12-,13?,15?. The second-order valence-corrected chi connectivity index (χ2v) is 5.83. The van der Waals surface area contributed by atoms with Gasteiger partial charge in [0.25, 0.3) is 5.97 Å². The van der Waals surface area contributed by atoms with Crippen molar-refractivity contribution in [1.29, 1.82) is 0 Å². The minimum atomic E-state index is -1.33. The number of aliphatic hydroxyl groups excluding tert-OH is 2. The molecule has 3 unspecified atom stereocenters. The molecule has 22 heavy (non-hydrogen) atoms. The van der Waals surface area contributed by atoms with E-state index in [2.05, 4.69) is 0 Å². The molecular weight excluding hydrogens is 292 g/mol. The SMILES string of the molecule is CC12OC3[C@@H](O)[C@H](O1)C(OC(=O)c1ccccc1)[C@H](O2)[C@H]3O. The highest BCUT2D eigenvalue weighted by Crippen LogP contribution is 2.46. The summed E-state index contributed by atoms with van der Waals surface area (Å²) in [5.74, 6) is -1.88. The Morgan fingerprint density at radius 3 is 2.18 bits per heavy atom. The quantitative estimate of drug-likeness (QED) is 0.731. The van der Waals surface area contributed by atoms with Gasteiger partial charge in [0.05, 0.1) is 5.56 Å². The lowest BCUT2D eigenvalue weighted by atomic mass is 9.82. The third-order valence-electron chi connectivity index (χ3n) is 4.30. The van der Waals surface area contributed by atoms with Crippen LogP contribution in [-0.2, 0) is 18.9 Å². The van der Waals surface area contributed by atoms with Crippen LogP contribution < -0.4 is 0 Å². The van der Waals surface area contributed by atoms with E-state index in [4.69, 9.17) is 18.9 Å². The third-order valence-corrected chi connectivity index (χ3v) is 4.30. The number of hydrogen-bond donors (Lipinski definition) is 2. The molecule has 118 valence electrons. The average Bonchev–Trinajstić information content (AvgIpc) is 2.52. The Balaban J connectivity index is 1.59. The van der Waals surface area contributed by atoms with Crippen LogP contribution in [0.3, 0.4) is 0 Å². The molecule has 1 aromatic carbocycles. The van der Waals surface area contributed by atoms with E-state index in [-0.39, 0.29) is 0 Å². The number of carbonyl (C=O) groups is 1. The molecule has 7 atom stereocenters. The van der Waals surface area contributed by atoms with Gasteiger partial charge < -0.3 is 29.2 Å². The van der Waals surface area contributed by atoms with Crippen LogP contribution in [-0.4, -0.2) is 58.8 Å². The van der Waals surface area contributed by atoms with E-state index < -0.39 is 48.6 Å². The van der Waals surface area contributed by atoms with Crippen molar-refractivity contribution in [3.05, 3.63) is 35.9 Å². The normalized spacial score (nSPS) is 45.8. The topological polar surface area (TPSA) is 94.5 Å². The van der Waals surface area contributed by atoms with E-state index in [1.807, 2.05) is 0 Å². The van der Waals surface area contributed by atoms with Gasteiger partial charge in [-0.05, 0) is 12.1 Å². The van der Waals surface area contributed by atoms with Crippen LogP contribution in [0.15, 0.2) is 30.3 Å². The Bertz CT molecular complexity index is 569. The fraction of sp³-hybridized carbons (Fsp3) is 0.533. The lowest BCUT2D eigenvalue weighted by Gasteiger charge is -2.60. The zero-order chi connectivity index (χ0) is 15.5. The van der Waals surface area contributed by atoms with Crippen LogP contribution in [0.1, 0.15) is 17.3 Å². The van der Waals surface area contributed by atoms with Crippen molar-refractivity contribution in [2.45, 2.75) is 49.5 Å². The van der Waals surface area contributed by atoms with Crippen molar-refractivity contribution in [2.24, 2.45) is 0 Å². The molecule has 3 saturated heterocycles. The van der Waals surface area contributed by atoms with Crippen LogP contribution in [0.4, 0.5) is 0 Å². The first kappa shape index (κ1) is 14.1. The van der Waals surface area contributed by atoms with Gasteiger partial charge in [-0.3, -0.25) is 0 Å². The maximum absolute atomic E-state index is 12.2. The van der Waals surface area contributed by atoms with Crippen LogP contribution in [0, 0.1) is 0 Å². The number of ether oxygens (including phenoxy) is 4. The Kier molecular flexibility index (Phi) is 3.04. The second-order valence-electron chi connectivity index (χ2n) is 5.83. The highest BCUT2D eigenvalue weighted by atomic mass is 16.9. The molecule has 3 heterocycles. The van der Waals surface area contributed by atoms with Gasteiger partial charge in [-0.2, -0.15) is 0 Å². The van der Waals surface area contributed by atoms with Gasteiger partial charge in [-0.25, -0.2) is 4.79 Å². The van der Waals surface area contributed by atoms with E-state index in [0.717, 1.165) is 0 Å². The molecular formula is C15H16O7. The molecule has 0 aromatic heterocycles. The molecule has 0 amide bonds. The van der Waals surface area contributed by atoms with Crippen LogP contribution in [0.5, 0.6) is 0 Å². The summed E-state index contributed by atoms with van der Waals surface area (Å²) in [5.41, 5.74) is 0.378. The summed E-state index contributed by atoms with van der Waals surface area (Å²) < 4.78 is 21.9. The van der Waals surface area contributed by atoms with Crippen LogP contribution in [0.2, 0.25) is 0 Å². The van der Waals surface area contributed by atoms with Gasteiger partial charge in [-0.1, -0.05) is 18.2 Å². The molecule has 1 aliphatic carbocycles. The summed E-state index contributed by atoms with van der Waals surface area (Å²) in [5, 5.41) is 20.4. The lowest BCUT2D eigenvalue weighted by molar-refractivity contribution is -0.530. The highest BCUT2D eigenvalue weighted by molar-refractivity contribution is 5.89. The smallest absolute Gasteiger partial charge is 0.338 e. The van der Waals surface area contributed by atoms with Gasteiger partial charge in [0.2, 0.25) is 0 Å². The Labute approximate surface area is 126 Å². The first-order valence-corrected chi connectivity index (χ1v) is 7.14. The number of esters is 1. The lowest BCUT2D eigenvalue weighted by Crippen LogP contribution is -2.78. The van der Waals surface area contributed by atoms with Crippen LogP contribution >= 0.6 is 0 Å². The minimum absolute atomic E-state index is 0.378. The van der Waals surface area contributed by atoms with Crippen molar-refractivity contribution in [3.63, 3.8) is 0 Å². The molecule has 7 nitrogen and oxygen atoms in total. The molecule has 2 N–H and O–H groups in total. The Morgan fingerprint density at radius 2 is 1.59 bits per heavy atom. The molecule has 0 radical (unpaired) electrons. The number of benzene rings is 1. The van der Waals surface area contributed by atoms with Crippen LogP contribution in [0.25, 0.3) is 0 Å². The summed E-state index contributed by atoms with van der Waals surface area (Å²) in [6.07, 6.45) is -5.47. The first-order chi connectivity index (χ1) is 10.5. The van der Waals surface area contributed by atoms with Gasteiger partial charge in [0.15, 0.2) is 6.10 Å². The van der Waals surface area contributed by atoms with Crippen molar-refractivity contribution < 1.29 is 34.0 Å². The summed E-state index contributed by atoms with van der Waals surface area (Å²) in [6, 6.07) is 8.48. The predicted molar refractivity (Wildman–Crippen MR) is 70.7 cm³/mol. The predicted octanol–water partition coefficient (Wildman–Crippen LogP) is -0.196. The highest BCUT2D eigenvalue weighted by Gasteiger charge is 2.66. The van der Waals surface area contributed by atoms with Crippen molar-refractivity contribution in [3.8, 4) is 0 Å². The zero-order valence-corrected chi connectivity index (χ0v) is 11.8. The molecule has 1 aromatic rings. The van der Waals surface area contributed by atoms with Crippen molar-refractivity contribution in [2.75, 3.05) is 0 Å². The molecule has 3 aliphatic heterocycles. The van der Waals surface area contributed by atoms with E-state index in [9.17, 15) is 15.0 Å². The summed E-state index contributed by atoms with van der Waals surface area (Å²) in [7, 11) is 0. The largest absolute Gasteiger partial charge is 0.453 e. The van der Waals surface area contributed by atoms with Crippen molar-refractivity contribution >= 4 is 5.97 Å². The molecule has 4 fully saturated rings. The summed E-state index contributed by atoms with van der Waals surface area (Å²) >= 11 is 0. The van der Waals surface area contributed by atoms with Gasteiger partial charge in [-0.15, -0.1) is 0 Å². The molecule has 4 bridgehead atoms.